The molecule has 0 aromatic heterocycles. The fourth-order valence-electron chi connectivity index (χ4n) is 3.06. The average molecular weight is 311 g/mol. The number of carbonyl (C=O) groups is 1. The largest absolute Gasteiger partial charge is 0.348 e. The molecule has 0 saturated heterocycles. The fraction of sp³-hybridized carbons (Fsp3) is 0.588. The first kappa shape index (κ1) is 18.0. The number of halogens is 1. The Bertz CT molecular complexity index is 501. The molecule has 118 valence electrons. The van der Waals surface area contributed by atoms with E-state index in [0.717, 1.165) is 12.8 Å². The van der Waals surface area contributed by atoms with Gasteiger partial charge in [-0.3, -0.25) is 4.79 Å². The highest BCUT2D eigenvalue weighted by Gasteiger charge is 2.37. The van der Waals surface area contributed by atoms with Gasteiger partial charge in [0.1, 0.15) is 0 Å². The van der Waals surface area contributed by atoms with Crippen molar-refractivity contribution in [2.24, 2.45) is 11.7 Å². The van der Waals surface area contributed by atoms with Gasteiger partial charge in [-0.2, -0.15) is 0 Å². The predicted molar refractivity (Wildman–Crippen MR) is 89.6 cm³/mol. The van der Waals surface area contributed by atoms with Gasteiger partial charge in [0.15, 0.2) is 0 Å². The van der Waals surface area contributed by atoms with E-state index in [1.54, 1.807) is 0 Å². The fourth-order valence-corrected chi connectivity index (χ4v) is 3.06. The molecule has 3 atom stereocenters. The number of rotatable bonds is 4. The smallest absolute Gasteiger partial charge is 0.237 e. The minimum absolute atomic E-state index is 0. The van der Waals surface area contributed by atoms with Gasteiger partial charge >= 0.3 is 0 Å². The zero-order valence-electron chi connectivity index (χ0n) is 13.3. The Morgan fingerprint density at radius 3 is 2.67 bits per heavy atom. The second-order valence-electron chi connectivity index (χ2n) is 6.65. The van der Waals surface area contributed by atoms with Crippen LogP contribution in [0.15, 0.2) is 24.3 Å². The van der Waals surface area contributed by atoms with Gasteiger partial charge in [-0.1, -0.05) is 58.4 Å². The molecule has 3 unspecified atom stereocenters. The summed E-state index contributed by atoms with van der Waals surface area (Å²) in [5, 5.41) is 3.14. The van der Waals surface area contributed by atoms with Crippen molar-refractivity contribution in [2.45, 2.75) is 58.0 Å². The van der Waals surface area contributed by atoms with E-state index in [-0.39, 0.29) is 35.7 Å². The van der Waals surface area contributed by atoms with Crippen molar-refractivity contribution in [3.8, 4) is 0 Å². The van der Waals surface area contributed by atoms with Crippen LogP contribution in [0.5, 0.6) is 0 Å². The summed E-state index contributed by atoms with van der Waals surface area (Å²) in [5.74, 6) is 0.177. The summed E-state index contributed by atoms with van der Waals surface area (Å²) in [6.07, 6.45) is 1.85. The van der Waals surface area contributed by atoms with E-state index in [2.05, 4.69) is 44.3 Å². The number of nitrogens with one attached hydrogen (secondary N) is 1. The van der Waals surface area contributed by atoms with Crippen molar-refractivity contribution in [3.63, 3.8) is 0 Å². The summed E-state index contributed by atoms with van der Waals surface area (Å²) < 4.78 is 0. The molecule has 0 radical (unpaired) electrons. The second-order valence-corrected chi connectivity index (χ2v) is 6.65. The maximum atomic E-state index is 12.3. The molecule has 0 aliphatic heterocycles. The van der Waals surface area contributed by atoms with E-state index < -0.39 is 6.04 Å². The molecule has 1 aliphatic carbocycles. The van der Waals surface area contributed by atoms with Crippen molar-refractivity contribution in [1.82, 2.24) is 5.32 Å². The van der Waals surface area contributed by atoms with Crippen molar-refractivity contribution < 1.29 is 4.79 Å². The summed E-state index contributed by atoms with van der Waals surface area (Å²) in [6, 6.07) is 8.04. The van der Waals surface area contributed by atoms with Gasteiger partial charge in [-0.05, 0) is 28.9 Å². The first-order valence-corrected chi connectivity index (χ1v) is 7.52. The molecule has 1 aliphatic rings. The van der Waals surface area contributed by atoms with Crippen LogP contribution in [0.4, 0.5) is 0 Å². The normalized spacial score (nSPS) is 21.9. The highest BCUT2D eigenvalue weighted by atomic mass is 35.5. The molecule has 3 N–H and O–H groups in total. The molecular formula is C17H27ClN2O. The van der Waals surface area contributed by atoms with Crippen LogP contribution in [0, 0.1) is 5.92 Å². The van der Waals surface area contributed by atoms with Crippen LogP contribution < -0.4 is 11.1 Å². The summed E-state index contributed by atoms with van der Waals surface area (Å²) in [4.78, 5) is 12.3. The van der Waals surface area contributed by atoms with E-state index in [4.69, 9.17) is 5.73 Å². The average Bonchev–Trinajstić information content (AvgIpc) is 2.69. The standard InChI is InChI=1S/C17H26N2O.ClH/c1-5-11(2)15(18)16(20)19-14-10-17(3,4)13-9-7-6-8-12(13)14;/h6-9,11,14-15H,5,10,18H2,1-4H3,(H,19,20);1H. The van der Waals surface area contributed by atoms with Crippen LogP contribution in [-0.2, 0) is 10.2 Å². The van der Waals surface area contributed by atoms with Gasteiger partial charge in [0.05, 0.1) is 12.1 Å². The molecule has 1 aromatic rings. The van der Waals surface area contributed by atoms with E-state index in [1.165, 1.54) is 11.1 Å². The molecule has 1 aromatic carbocycles. The Labute approximate surface area is 134 Å². The summed E-state index contributed by atoms with van der Waals surface area (Å²) in [6.45, 7) is 8.54. The Morgan fingerprint density at radius 2 is 2.05 bits per heavy atom. The number of hydrogen-bond donors (Lipinski definition) is 2. The Hall–Kier alpha value is -1.06. The highest BCUT2D eigenvalue weighted by Crippen LogP contribution is 2.44. The Kier molecular flexibility index (Phi) is 5.83. The van der Waals surface area contributed by atoms with Crippen molar-refractivity contribution in [1.29, 1.82) is 0 Å². The molecule has 1 amide bonds. The van der Waals surface area contributed by atoms with Crippen molar-refractivity contribution in [2.75, 3.05) is 0 Å². The van der Waals surface area contributed by atoms with Gasteiger partial charge in [-0.25, -0.2) is 0 Å². The lowest BCUT2D eigenvalue weighted by molar-refractivity contribution is -0.124. The highest BCUT2D eigenvalue weighted by molar-refractivity contribution is 5.85. The third kappa shape index (κ3) is 3.58. The molecular weight excluding hydrogens is 284 g/mol. The number of hydrogen-bond acceptors (Lipinski definition) is 2. The number of fused-ring (bicyclic) bond motifs is 1. The zero-order chi connectivity index (χ0) is 14.9. The third-order valence-electron chi connectivity index (χ3n) is 4.66. The van der Waals surface area contributed by atoms with Crippen LogP contribution in [0.25, 0.3) is 0 Å². The third-order valence-corrected chi connectivity index (χ3v) is 4.66. The van der Waals surface area contributed by atoms with Crippen LogP contribution in [0.2, 0.25) is 0 Å². The molecule has 4 heteroatoms. The molecule has 2 rings (SSSR count). The summed E-state index contributed by atoms with van der Waals surface area (Å²) >= 11 is 0. The number of benzene rings is 1. The minimum Gasteiger partial charge on any atom is -0.348 e. The molecule has 0 saturated carbocycles. The predicted octanol–water partition coefficient (Wildman–Crippen LogP) is 3.32. The van der Waals surface area contributed by atoms with Crippen molar-refractivity contribution in [3.05, 3.63) is 35.4 Å². The van der Waals surface area contributed by atoms with Crippen LogP contribution in [0.3, 0.4) is 0 Å². The van der Waals surface area contributed by atoms with Crippen LogP contribution >= 0.6 is 12.4 Å². The lowest BCUT2D eigenvalue weighted by Gasteiger charge is -2.22. The van der Waals surface area contributed by atoms with Crippen molar-refractivity contribution >= 4 is 18.3 Å². The molecule has 0 fully saturated rings. The maximum Gasteiger partial charge on any atom is 0.237 e. The molecule has 0 heterocycles. The zero-order valence-corrected chi connectivity index (χ0v) is 14.2. The second kappa shape index (κ2) is 6.80. The number of amides is 1. The Morgan fingerprint density at radius 1 is 1.43 bits per heavy atom. The number of nitrogens with two attached hydrogens (primary N) is 1. The van der Waals surface area contributed by atoms with Gasteiger partial charge in [-0.15, -0.1) is 12.4 Å². The SMILES string of the molecule is CCC(C)C(N)C(=O)NC1CC(C)(C)c2ccccc21.Cl. The van der Waals surface area contributed by atoms with Crippen LogP contribution in [0.1, 0.15) is 57.7 Å². The van der Waals surface area contributed by atoms with E-state index >= 15 is 0 Å². The monoisotopic (exact) mass is 310 g/mol. The summed E-state index contributed by atoms with van der Waals surface area (Å²) in [5.41, 5.74) is 8.70. The van der Waals surface area contributed by atoms with Gasteiger partial charge in [0.2, 0.25) is 5.91 Å². The van der Waals surface area contributed by atoms with E-state index in [0.29, 0.717) is 0 Å². The number of carbonyl (C=O) groups excluding carboxylic acids is 1. The first-order valence-electron chi connectivity index (χ1n) is 7.52. The van der Waals surface area contributed by atoms with Gasteiger partial charge < -0.3 is 11.1 Å². The molecule has 3 nitrogen and oxygen atoms in total. The quantitative estimate of drug-likeness (QED) is 0.896. The Balaban J connectivity index is 0.00000220. The topological polar surface area (TPSA) is 55.1 Å². The maximum absolute atomic E-state index is 12.3. The van der Waals surface area contributed by atoms with Gasteiger partial charge in [0, 0.05) is 0 Å². The van der Waals surface area contributed by atoms with Crippen LogP contribution in [-0.4, -0.2) is 11.9 Å². The lowest BCUT2D eigenvalue weighted by atomic mass is 9.86. The first-order chi connectivity index (χ1) is 9.36. The van der Waals surface area contributed by atoms with Gasteiger partial charge in [0.25, 0.3) is 0 Å². The molecule has 0 bridgehead atoms. The summed E-state index contributed by atoms with van der Waals surface area (Å²) in [7, 11) is 0. The van der Waals surface area contributed by atoms with E-state index in [1.807, 2.05) is 13.0 Å². The van der Waals surface area contributed by atoms with E-state index in [9.17, 15) is 4.79 Å². The lowest BCUT2D eigenvalue weighted by Crippen LogP contribution is -2.45. The minimum atomic E-state index is -0.420. The molecule has 21 heavy (non-hydrogen) atoms. The molecule has 0 spiro atoms.